The van der Waals surface area contributed by atoms with Gasteiger partial charge in [-0.15, -0.1) is 0 Å². The van der Waals surface area contributed by atoms with Crippen molar-refractivity contribution in [1.29, 1.82) is 0 Å². The van der Waals surface area contributed by atoms with Crippen molar-refractivity contribution in [2.45, 2.75) is 33.6 Å². The number of nitrogens with one attached hydrogen (secondary N) is 1. The Morgan fingerprint density at radius 1 is 1.09 bits per heavy atom. The van der Waals surface area contributed by atoms with Crippen LogP contribution in [0.15, 0.2) is 58.2 Å². The topological polar surface area (TPSA) is 55.6 Å². The monoisotopic (exact) mass is 533 g/mol. The largest absolute Gasteiger partial charge is 0.437 e. The number of halogens is 3. The lowest BCUT2D eigenvalue weighted by Gasteiger charge is -2.31. The summed E-state index contributed by atoms with van der Waals surface area (Å²) >= 11 is 15.4. The number of fused-ring (bicyclic) bond motifs is 1. The molecule has 1 heterocycles. The Hall–Kier alpha value is -2.28. The first-order chi connectivity index (χ1) is 15.1. The number of aromatic nitrogens is 1. The van der Waals surface area contributed by atoms with Crippen molar-refractivity contribution in [1.82, 2.24) is 4.57 Å². The van der Waals surface area contributed by atoms with Crippen LogP contribution < -0.4 is 5.32 Å². The molecule has 0 bridgehead atoms. The lowest BCUT2D eigenvalue weighted by molar-refractivity contribution is 0.165. The van der Waals surface area contributed by atoms with Crippen LogP contribution in [0.1, 0.15) is 37.2 Å². The van der Waals surface area contributed by atoms with Crippen molar-refractivity contribution in [3.05, 3.63) is 80.0 Å². The molecule has 0 saturated heterocycles. The van der Waals surface area contributed by atoms with E-state index in [0.29, 0.717) is 22.2 Å². The van der Waals surface area contributed by atoms with Crippen LogP contribution in [0.3, 0.4) is 0 Å². The summed E-state index contributed by atoms with van der Waals surface area (Å²) in [5.41, 5.74) is 5.55. The lowest BCUT2D eigenvalue weighted by Crippen LogP contribution is -2.29. The Kier molecular flexibility index (Phi) is 6.39. The summed E-state index contributed by atoms with van der Waals surface area (Å²) in [6.45, 7) is 6.45. The second-order valence-electron chi connectivity index (χ2n) is 8.65. The minimum Gasteiger partial charge on any atom is -0.318 e. The molecular weight excluding hydrogens is 513 g/mol. The number of carbonyl (C=O) groups is 1. The van der Waals surface area contributed by atoms with Gasteiger partial charge >= 0.3 is 6.09 Å². The van der Waals surface area contributed by atoms with Crippen LogP contribution in [0, 0.1) is 12.3 Å². The van der Waals surface area contributed by atoms with Gasteiger partial charge in [-0.25, -0.2) is 4.79 Å². The standard InChI is InChI=1S/C24H22BrCl2N3O2/c1-14-10-18-21(29-32-23(31)28-16-6-9-19(26)20(27)11-16)12-24(2,3)13-22(18)30(14)17-7-4-15(25)5-8-17/h4-11H,12-13H2,1-3H3,(H,28,31)/b29-21+. The third kappa shape index (κ3) is 4.87. The average molecular weight is 535 g/mol. The molecule has 1 N–H and O–H groups in total. The maximum absolute atomic E-state index is 12.3. The molecular formula is C24H22BrCl2N3O2. The quantitative estimate of drug-likeness (QED) is 0.275. The van der Waals surface area contributed by atoms with Crippen molar-refractivity contribution in [2.24, 2.45) is 10.6 Å². The first kappa shape index (κ1) is 22.9. The number of oxime groups is 1. The van der Waals surface area contributed by atoms with Crippen molar-refractivity contribution in [3.8, 4) is 5.69 Å². The Morgan fingerprint density at radius 3 is 2.50 bits per heavy atom. The van der Waals surface area contributed by atoms with Gasteiger partial charge in [0.05, 0.1) is 15.8 Å². The normalized spacial score (nSPS) is 16.0. The highest BCUT2D eigenvalue weighted by Crippen LogP contribution is 2.38. The first-order valence-corrected chi connectivity index (χ1v) is 11.7. The third-order valence-electron chi connectivity index (χ3n) is 5.38. The molecule has 3 aromatic rings. The molecule has 1 aliphatic carbocycles. The van der Waals surface area contributed by atoms with Gasteiger partial charge in [-0.2, -0.15) is 0 Å². The van der Waals surface area contributed by atoms with Crippen molar-refractivity contribution < 1.29 is 9.63 Å². The van der Waals surface area contributed by atoms with E-state index in [9.17, 15) is 4.79 Å². The van der Waals surface area contributed by atoms with Crippen molar-refractivity contribution in [3.63, 3.8) is 0 Å². The Balaban J connectivity index is 1.62. The predicted octanol–water partition coefficient (Wildman–Crippen LogP) is 7.78. The third-order valence-corrected chi connectivity index (χ3v) is 6.65. The van der Waals surface area contributed by atoms with E-state index in [-0.39, 0.29) is 5.41 Å². The number of amides is 1. The summed E-state index contributed by atoms with van der Waals surface area (Å²) < 4.78 is 3.28. The van der Waals surface area contributed by atoms with Gasteiger partial charge in [0.1, 0.15) is 0 Å². The van der Waals surface area contributed by atoms with Crippen molar-refractivity contribution >= 4 is 56.6 Å². The van der Waals surface area contributed by atoms with Crippen molar-refractivity contribution in [2.75, 3.05) is 5.32 Å². The molecule has 0 unspecified atom stereocenters. The predicted molar refractivity (Wildman–Crippen MR) is 133 cm³/mol. The number of carbonyl (C=O) groups excluding carboxylic acids is 1. The van der Waals surface area contributed by atoms with E-state index in [1.54, 1.807) is 18.2 Å². The first-order valence-electron chi connectivity index (χ1n) is 10.1. The molecule has 0 atom stereocenters. The highest BCUT2D eigenvalue weighted by molar-refractivity contribution is 9.10. The van der Waals surface area contributed by atoms with Crippen LogP contribution in [0.25, 0.3) is 5.69 Å². The Bertz CT molecular complexity index is 1220. The fourth-order valence-electron chi connectivity index (χ4n) is 4.02. The number of benzene rings is 2. The highest BCUT2D eigenvalue weighted by atomic mass is 79.9. The van der Waals surface area contributed by atoms with E-state index in [2.05, 4.69) is 69.9 Å². The molecule has 5 nitrogen and oxygen atoms in total. The zero-order chi connectivity index (χ0) is 23.0. The van der Waals surface area contributed by atoms with Gasteiger partial charge < -0.3 is 4.57 Å². The smallest absolute Gasteiger partial charge is 0.318 e. The van der Waals surface area contributed by atoms with Gasteiger partial charge in [-0.05, 0) is 73.7 Å². The van der Waals surface area contributed by atoms with Gasteiger partial charge in [0.2, 0.25) is 0 Å². The molecule has 0 spiro atoms. The maximum atomic E-state index is 12.3. The fraction of sp³-hybridized carbons (Fsp3) is 0.250. The molecule has 32 heavy (non-hydrogen) atoms. The minimum absolute atomic E-state index is 0.0344. The molecule has 0 radical (unpaired) electrons. The van der Waals surface area contributed by atoms with E-state index in [1.807, 2.05) is 12.1 Å². The van der Waals surface area contributed by atoms with Crippen LogP contribution in [0.5, 0.6) is 0 Å². The van der Waals surface area contributed by atoms with E-state index >= 15 is 0 Å². The summed E-state index contributed by atoms with van der Waals surface area (Å²) in [4.78, 5) is 17.5. The SMILES string of the molecule is Cc1cc2c(n1-c1ccc(Br)cc1)CC(C)(C)C/C2=N\OC(=O)Nc1ccc(Cl)c(Cl)c1. The molecule has 8 heteroatoms. The molecule has 1 aliphatic rings. The van der Waals surface area contributed by atoms with Crippen LogP contribution in [0.4, 0.5) is 10.5 Å². The molecule has 0 saturated carbocycles. The molecule has 2 aromatic carbocycles. The minimum atomic E-state index is -0.690. The second kappa shape index (κ2) is 8.93. The number of nitrogens with zero attached hydrogens (tertiary/aromatic N) is 2. The number of hydrogen-bond donors (Lipinski definition) is 1. The maximum Gasteiger partial charge on any atom is 0.437 e. The van der Waals surface area contributed by atoms with Crippen LogP contribution in [-0.2, 0) is 11.3 Å². The summed E-state index contributed by atoms with van der Waals surface area (Å²) in [6.07, 6.45) is 0.898. The van der Waals surface area contributed by atoms with Gasteiger partial charge in [0.15, 0.2) is 0 Å². The highest BCUT2D eigenvalue weighted by Gasteiger charge is 2.33. The van der Waals surface area contributed by atoms with E-state index in [4.69, 9.17) is 28.0 Å². The number of hydrogen-bond acceptors (Lipinski definition) is 3. The van der Waals surface area contributed by atoms with Gasteiger partial charge in [0.25, 0.3) is 0 Å². The van der Waals surface area contributed by atoms with E-state index < -0.39 is 6.09 Å². The Labute approximate surface area is 205 Å². The van der Waals surface area contributed by atoms with Gasteiger partial charge in [-0.3, -0.25) is 10.2 Å². The number of aryl methyl sites for hydroxylation is 1. The summed E-state index contributed by atoms with van der Waals surface area (Å²) in [7, 11) is 0. The van der Waals surface area contributed by atoms with Gasteiger partial charge in [-0.1, -0.05) is 58.1 Å². The van der Waals surface area contributed by atoms with Crippen LogP contribution in [-0.4, -0.2) is 16.4 Å². The molecule has 0 aliphatic heterocycles. The summed E-state index contributed by atoms with van der Waals surface area (Å²) in [5.74, 6) is 0. The summed E-state index contributed by atoms with van der Waals surface area (Å²) in [5, 5.41) is 7.62. The Morgan fingerprint density at radius 2 is 1.81 bits per heavy atom. The zero-order valence-corrected chi connectivity index (χ0v) is 21.0. The average Bonchev–Trinajstić information content (AvgIpc) is 3.04. The number of anilines is 1. The lowest BCUT2D eigenvalue weighted by atomic mass is 9.76. The zero-order valence-electron chi connectivity index (χ0n) is 17.9. The van der Waals surface area contributed by atoms with Crippen LogP contribution >= 0.6 is 39.1 Å². The number of rotatable bonds is 3. The molecule has 1 amide bonds. The second-order valence-corrected chi connectivity index (χ2v) is 10.4. The van der Waals surface area contributed by atoms with E-state index in [0.717, 1.165) is 39.2 Å². The van der Waals surface area contributed by atoms with Crippen LogP contribution in [0.2, 0.25) is 10.0 Å². The fourth-order valence-corrected chi connectivity index (χ4v) is 4.58. The van der Waals surface area contributed by atoms with Gasteiger partial charge in [0, 0.05) is 32.8 Å². The molecule has 166 valence electrons. The molecule has 4 rings (SSSR count). The molecule has 1 aromatic heterocycles. The summed E-state index contributed by atoms with van der Waals surface area (Å²) in [6, 6.07) is 15.1. The molecule has 0 fully saturated rings. The van der Waals surface area contributed by atoms with E-state index in [1.165, 1.54) is 0 Å².